The molecule has 0 radical (unpaired) electrons. The van der Waals surface area contributed by atoms with E-state index in [1.165, 1.54) is 0 Å². The third-order valence-electron chi connectivity index (χ3n) is 5.76. The summed E-state index contributed by atoms with van der Waals surface area (Å²) in [5.74, 6) is 0.958. The quantitative estimate of drug-likeness (QED) is 0.182. The third-order valence-corrected chi connectivity index (χ3v) is 5.76. The summed E-state index contributed by atoms with van der Waals surface area (Å²) >= 11 is 0. The first-order valence-electron chi connectivity index (χ1n) is 10.5. The van der Waals surface area contributed by atoms with E-state index in [1.807, 2.05) is 109 Å². The van der Waals surface area contributed by atoms with Gasteiger partial charge in [0, 0.05) is 27.6 Å². The second-order valence-corrected chi connectivity index (χ2v) is 7.67. The van der Waals surface area contributed by atoms with Crippen molar-refractivity contribution in [2.24, 2.45) is 0 Å². The fourth-order valence-corrected chi connectivity index (χ4v) is 4.36. The molecule has 6 rings (SSSR count). The number of carbonyl (C=O) groups is 1. The molecule has 0 amide bonds. The predicted molar refractivity (Wildman–Crippen MR) is 126 cm³/mol. The summed E-state index contributed by atoms with van der Waals surface area (Å²) in [4.78, 5) is 13.2. The number of fused-ring (bicyclic) bond motifs is 2. The minimum absolute atomic E-state index is 0.352. The molecule has 4 aromatic carbocycles. The number of rotatable bonds is 3. The zero-order valence-electron chi connectivity index (χ0n) is 17.1. The summed E-state index contributed by atoms with van der Waals surface area (Å²) in [7, 11) is 0. The zero-order valence-corrected chi connectivity index (χ0v) is 17.1. The lowest BCUT2D eigenvalue weighted by atomic mass is 9.87. The Morgan fingerprint density at radius 3 is 2.12 bits per heavy atom. The van der Waals surface area contributed by atoms with Gasteiger partial charge < -0.3 is 9.15 Å². The molecule has 0 atom stereocenters. The highest BCUT2D eigenvalue weighted by molar-refractivity contribution is 6.32. The highest BCUT2D eigenvalue weighted by Gasteiger charge is 2.33. The van der Waals surface area contributed by atoms with Crippen LogP contribution >= 0.6 is 0 Å². The first-order valence-corrected chi connectivity index (χ1v) is 10.5. The number of carbonyl (C=O) groups excluding carboxylic acids is 1. The SMILES string of the molecule is O=C1Oc2ccccc2/C1=C(\c1ccccc1)c1c(-c2ccccc2)oc2ccccc12. The van der Waals surface area contributed by atoms with Gasteiger partial charge in [-0.2, -0.15) is 0 Å². The molecule has 0 aliphatic carbocycles. The average Bonchev–Trinajstić information content (AvgIpc) is 3.39. The Labute approximate surface area is 185 Å². The number of esters is 1. The van der Waals surface area contributed by atoms with Crippen LogP contribution in [0.15, 0.2) is 114 Å². The molecule has 0 bridgehead atoms. The van der Waals surface area contributed by atoms with Gasteiger partial charge in [-0.3, -0.25) is 0 Å². The van der Waals surface area contributed by atoms with Crippen LogP contribution in [0.1, 0.15) is 16.7 Å². The number of furan rings is 1. The van der Waals surface area contributed by atoms with Crippen LogP contribution in [0.4, 0.5) is 0 Å². The lowest BCUT2D eigenvalue weighted by Crippen LogP contribution is -2.05. The molecule has 152 valence electrons. The van der Waals surface area contributed by atoms with Crippen LogP contribution in [0.2, 0.25) is 0 Å². The van der Waals surface area contributed by atoms with Crippen LogP contribution in [0.3, 0.4) is 0 Å². The van der Waals surface area contributed by atoms with Gasteiger partial charge in [-0.25, -0.2) is 4.79 Å². The highest BCUT2D eigenvalue weighted by Crippen LogP contribution is 2.46. The average molecular weight is 414 g/mol. The molecule has 0 N–H and O–H groups in total. The summed E-state index contributed by atoms with van der Waals surface area (Å²) < 4.78 is 12.0. The number of hydrogen-bond acceptors (Lipinski definition) is 3. The van der Waals surface area contributed by atoms with E-state index in [0.29, 0.717) is 11.3 Å². The van der Waals surface area contributed by atoms with E-state index in [4.69, 9.17) is 9.15 Å². The summed E-state index contributed by atoms with van der Waals surface area (Å²) in [6.07, 6.45) is 0. The Bertz CT molecular complexity index is 1490. The second-order valence-electron chi connectivity index (χ2n) is 7.67. The van der Waals surface area contributed by atoms with E-state index < -0.39 is 0 Å². The maximum Gasteiger partial charge on any atom is 0.344 e. The van der Waals surface area contributed by atoms with Gasteiger partial charge >= 0.3 is 5.97 Å². The molecule has 3 heteroatoms. The fraction of sp³-hybridized carbons (Fsp3) is 0. The van der Waals surface area contributed by atoms with Crippen LogP contribution in [-0.4, -0.2) is 5.97 Å². The van der Waals surface area contributed by atoms with Crippen molar-refractivity contribution in [3.05, 3.63) is 126 Å². The summed E-state index contributed by atoms with van der Waals surface area (Å²) in [6, 6.07) is 35.5. The van der Waals surface area contributed by atoms with Gasteiger partial charge in [0.25, 0.3) is 0 Å². The number of benzene rings is 4. The van der Waals surface area contributed by atoms with Crippen LogP contribution in [0.5, 0.6) is 5.75 Å². The zero-order chi connectivity index (χ0) is 21.5. The molecule has 3 nitrogen and oxygen atoms in total. The van der Waals surface area contributed by atoms with Crippen LogP contribution in [0, 0.1) is 0 Å². The molecule has 1 aliphatic rings. The number of para-hydroxylation sites is 2. The molecule has 5 aromatic rings. The largest absolute Gasteiger partial charge is 0.455 e. The van der Waals surface area contributed by atoms with Crippen LogP contribution in [-0.2, 0) is 4.79 Å². The van der Waals surface area contributed by atoms with Gasteiger partial charge in [0.15, 0.2) is 0 Å². The van der Waals surface area contributed by atoms with E-state index in [-0.39, 0.29) is 5.97 Å². The van der Waals surface area contributed by atoms with E-state index in [0.717, 1.165) is 44.6 Å². The van der Waals surface area contributed by atoms with E-state index in [1.54, 1.807) is 0 Å². The Morgan fingerprint density at radius 1 is 0.656 bits per heavy atom. The maximum atomic E-state index is 13.2. The van der Waals surface area contributed by atoms with Crippen molar-refractivity contribution < 1.29 is 13.9 Å². The smallest absolute Gasteiger partial charge is 0.344 e. The van der Waals surface area contributed by atoms with Crippen molar-refractivity contribution in [1.82, 2.24) is 0 Å². The summed E-state index contributed by atoms with van der Waals surface area (Å²) in [5, 5.41) is 0.954. The summed E-state index contributed by atoms with van der Waals surface area (Å²) in [5.41, 5.74) is 5.70. The van der Waals surface area contributed by atoms with Gasteiger partial charge in [-0.1, -0.05) is 97.1 Å². The Morgan fingerprint density at radius 2 is 1.31 bits per heavy atom. The van der Waals surface area contributed by atoms with Gasteiger partial charge in [0.1, 0.15) is 17.1 Å². The fourth-order valence-electron chi connectivity index (χ4n) is 4.36. The van der Waals surface area contributed by atoms with Crippen molar-refractivity contribution in [2.75, 3.05) is 0 Å². The minimum atomic E-state index is -0.352. The normalized spacial score (nSPS) is 14.3. The molecule has 0 saturated heterocycles. The molecule has 0 spiro atoms. The van der Waals surface area contributed by atoms with Crippen molar-refractivity contribution in [3.8, 4) is 17.1 Å². The molecular formula is C29H18O3. The Balaban J connectivity index is 1.78. The molecule has 1 aliphatic heterocycles. The number of ether oxygens (including phenoxy) is 1. The molecule has 0 unspecified atom stereocenters. The lowest BCUT2D eigenvalue weighted by molar-refractivity contribution is -0.126. The van der Waals surface area contributed by atoms with Gasteiger partial charge in [0.05, 0.1) is 5.57 Å². The van der Waals surface area contributed by atoms with Gasteiger partial charge in [-0.15, -0.1) is 0 Å². The highest BCUT2D eigenvalue weighted by atomic mass is 16.5. The summed E-state index contributed by atoms with van der Waals surface area (Å²) in [6.45, 7) is 0. The monoisotopic (exact) mass is 414 g/mol. The minimum Gasteiger partial charge on any atom is -0.455 e. The molecule has 0 fully saturated rings. The van der Waals surface area contributed by atoms with Crippen molar-refractivity contribution in [3.63, 3.8) is 0 Å². The van der Waals surface area contributed by atoms with Gasteiger partial charge in [0.2, 0.25) is 0 Å². The molecular weight excluding hydrogens is 396 g/mol. The molecule has 2 heterocycles. The molecule has 32 heavy (non-hydrogen) atoms. The third kappa shape index (κ3) is 2.87. The predicted octanol–water partition coefficient (Wildman–Crippen LogP) is 6.98. The lowest BCUT2D eigenvalue weighted by Gasteiger charge is -2.13. The maximum absolute atomic E-state index is 13.2. The first-order chi connectivity index (χ1) is 15.8. The Kier molecular flexibility index (Phi) is 4.25. The Hall–Kier alpha value is -4.37. The van der Waals surface area contributed by atoms with E-state index in [2.05, 4.69) is 0 Å². The van der Waals surface area contributed by atoms with Crippen molar-refractivity contribution in [2.45, 2.75) is 0 Å². The van der Waals surface area contributed by atoms with Crippen molar-refractivity contribution >= 4 is 28.1 Å². The topological polar surface area (TPSA) is 39.4 Å². The van der Waals surface area contributed by atoms with Crippen molar-refractivity contribution in [1.29, 1.82) is 0 Å². The van der Waals surface area contributed by atoms with E-state index in [9.17, 15) is 4.79 Å². The van der Waals surface area contributed by atoms with Crippen LogP contribution < -0.4 is 4.74 Å². The number of hydrogen-bond donors (Lipinski definition) is 0. The van der Waals surface area contributed by atoms with Crippen LogP contribution in [0.25, 0.3) is 33.4 Å². The standard InChI is InChI=1S/C29H18O3/c30-29-27(22-16-8-10-18-24(22)32-29)25(19-11-3-1-4-12-19)26-21-15-7-9-17-23(21)31-28(26)20-13-5-2-6-14-20/h1-18H/b27-25-. The van der Waals surface area contributed by atoms with E-state index >= 15 is 0 Å². The molecule has 1 aromatic heterocycles. The first kappa shape index (κ1) is 18.4. The molecule has 0 saturated carbocycles. The second kappa shape index (κ2) is 7.40. The van der Waals surface area contributed by atoms with Gasteiger partial charge in [-0.05, 0) is 17.7 Å².